The molecule has 0 aliphatic heterocycles. The number of aliphatic carboxylic acids is 1. The second-order valence-corrected chi connectivity index (χ2v) is 20.2. The van der Waals surface area contributed by atoms with Crippen LogP contribution in [-0.4, -0.2) is 75.5 Å². The van der Waals surface area contributed by atoms with Gasteiger partial charge >= 0.3 is 11.9 Å². The summed E-state index contributed by atoms with van der Waals surface area (Å²) in [4.78, 5) is 37.1. The summed E-state index contributed by atoms with van der Waals surface area (Å²) in [5.74, 6) is -1.72. The van der Waals surface area contributed by atoms with Gasteiger partial charge in [-0.05, 0) is 44.9 Å². The molecule has 0 fully saturated rings. The quantitative estimate of drug-likeness (QED) is 0.0259. The van der Waals surface area contributed by atoms with E-state index in [0.29, 0.717) is 12.8 Å². The second-order valence-electron chi connectivity index (χ2n) is 20.2. The molecule has 382 valence electrons. The molecule has 0 heterocycles. The summed E-state index contributed by atoms with van der Waals surface area (Å²) in [6, 6.07) is -0.725. The van der Waals surface area contributed by atoms with Crippen LogP contribution in [0.1, 0.15) is 271 Å². The first-order valence-corrected chi connectivity index (χ1v) is 27.9. The Morgan fingerprint density at radius 3 is 1.18 bits per heavy atom. The predicted molar refractivity (Wildman–Crippen MR) is 273 cm³/mol. The standard InChI is InChI=1S/C57H107NO7/c1-6-8-10-12-14-16-18-20-22-24-26-27-28-30-32-34-36-38-40-42-44-46-48-56(60)65-53(51-63-50-49-54(57(61)62)58(3,4)5)52-64-55(59)47-45-43-41-39-37-35-33-31-29-25-23-21-19-17-15-13-11-9-7-2/h24,26,28,30,53-54H,6-23,25,27,29,31-52H2,1-5H3/b26-24+,30-28+. The highest BCUT2D eigenvalue weighted by Crippen LogP contribution is 2.17. The summed E-state index contributed by atoms with van der Waals surface area (Å²) in [6.45, 7) is 4.70. The van der Waals surface area contributed by atoms with Crippen molar-refractivity contribution in [1.82, 2.24) is 0 Å². The van der Waals surface area contributed by atoms with E-state index in [2.05, 4.69) is 38.2 Å². The van der Waals surface area contributed by atoms with Gasteiger partial charge in [0.05, 0.1) is 40.3 Å². The van der Waals surface area contributed by atoms with Crippen molar-refractivity contribution >= 4 is 17.9 Å². The maximum atomic E-state index is 12.8. The number of carbonyl (C=O) groups excluding carboxylic acids is 3. The summed E-state index contributed by atoms with van der Waals surface area (Å²) in [7, 11) is 5.43. The Morgan fingerprint density at radius 1 is 0.462 bits per heavy atom. The number of esters is 2. The lowest BCUT2D eigenvalue weighted by Gasteiger charge is -2.34. The molecule has 0 aromatic rings. The maximum Gasteiger partial charge on any atom is 0.306 e. The summed E-state index contributed by atoms with van der Waals surface area (Å²) in [5.41, 5.74) is 0. The van der Waals surface area contributed by atoms with Gasteiger partial charge in [0.1, 0.15) is 12.6 Å². The summed E-state index contributed by atoms with van der Waals surface area (Å²) in [6.07, 6.45) is 56.4. The van der Waals surface area contributed by atoms with Crippen LogP contribution >= 0.6 is 0 Å². The highest BCUT2D eigenvalue weighted by molar-refractivity contribution is 5.70. The Labute approximate surface area is 402 Å². The number of unbranched alkanes of at least 4 members (excludes halogenated alkanes) is 33. The molecule has 0 amide bonds. The molecule has 0 spiro atoms. The molecule has 0 radical (unpaired) electrons. The highest BCUT2D eigenvalue weighted by Gasteiger charge is 2.25. The van der Waals surface area contributed by atoms with Crippen LogP contribution in [0.2, 0.25) is 0 Å². The van der Waals surface area contributed by atoms with E-state index >= 15 is 0 Å². The number of carboxylic acid groups (broad SMARTS) is 1. The van der Waals surface area contributed by atoms with E-state index in [4.69, 9.17) is 14.2 Å². The molecule has 2 unspecified atom stereocenters. The van der Waals surface area contributed by atoms with Gasteiger partial charge in [0.25, 0.3) is 0 Å². The summed E-state index contributed by atoms with van der Waals surface area (Å²) < 4.78 is 17.3. The van der Waals surface area contributed by atoms with Crippen LogP contribution in [0.4, 0.5) is 0 Å². The first-order valence-electron chi connectivity index (χ1n) is 27.9. The average Bonchev–Trinajstić information content (AvgIpc) is 3.27. The number of hydrogen-bond donors (Lipinski definition) is 0. The fourth-order valence-electron chi connectivity index (χ4n) is 8.52. The van der Waals surface area contributed by atoms with Crippen LogP contribution in [0.25, 0.3) is 0 Å². The van der Waals surface area contributed by atoms with E-state index in [0.717, 1.165) is 51.4 Å². The lowest BCUT2D eigenvalue weighted by Crippen LogP contribution is -2.55. The van der Waals surface area contributed by atoms with Crippen LogP contribution in [0, 0.1) is 0 Å². The highest BCUT2D eigenvalue weighted by atomic mass is 16.6. The molecular formula is C57H107NO7. The topological polar surface area (TPSA) is 102 Å². The molecule has 0 aromatic heterocycles. The van der Waals surface area contributed by atoms with Gasteiger partial charge in [-0.2, -0.15) is 0 Å². The molecule has 0 rings (SSSR count). The van der Waals surface area contributed by atoms with Crippen molar-refractivity contribution in [3.63, 3.8) is 0 Å². The molecule has 8 heteroatoms. The van der Waals surface area contributed by atoms with Crippen molar-refractivity contribution in [1.29, 1.82) is 0 Å². The van der Waals surface area contributed by atoms with E-state index in [1.54, 1.807) is 0 Å². The number of likely N-dealkylation sites (N-methyl/N-ethyl adjacent to an activating group) is 1. The van der Waals surface area contributed by atoms with E-state index in [9.17, 15) is 19.5 Å². The number of nitrogens with zero attached hydrogens (tertiary/aromatic N) is 1. The normalized spacial score (nSPS) is 12.9. The van der Waals surface area contributed by atoms with Gasteiger partial charge < -0.3 is 28.6 Å². The van der Waals surface area contributed by atoms with Gasteiger partial charge in [0.2, 0.25) is 0 Å². The molecule has 0 saturated carbocycles. The van der Waals surface area contributed by atoms with Crippen LogP contribution in [-0.2, 0) is 28.6 Å². The zero-order valence-corrected chi connectivity index (χ0v) is 43.7. The third-order valence-corrected chi connectivity index (χ3v) is 12.8. The molecular weight excluding hydrogens is 811 g/mol. The Hall–Kier alpha value is -2.19. The number of quaternary nitrogens is 1. The molecule has 0 aromatic carbocycles. The van der Waals surface area contributed by atoms with Gasteiger partial charge in [0.15, 0.2) is 6.10 Å². The van der Waals surface area contributed by atoms with Gasteiger partial charge in [0, 0.05) is 19.3 Å². The van der Waals surface area contributed by atoms with Crippen molar-refractivity contribution in [2.24, 2.45) is 0 Å². The minimum Gasteiger partial charge on any atom is -0.544 e. The largest absolute Gasteiger partial charge is 0.544 e. The first kappa shape index (κ1) is 62.8. The average molecular weight is 918 g/mol. The van der Waals surface area contributed by atoms with Crippen LogP contribution in [0.5, 0.6) is 0 Å². The second kappa shape index (κ2) is 48.3. The molecule has 0 aliphatic carbocycles. The fraction of sp³-hybridized carbons (Fsp3) is 0.877. The Kier molecular flexibility index (Phi) is 46.6. The van der Waals surface area contributed by atoms with Gasteiger partial charge in [-0.25, -0.2) is 0 Å². The predicted octanol–water partition coefficient (Wildman–Crippen LogP) is 15.0. The molecule has 0 saturated heterocycles. The van der Waals surface area contributed by atoms with Crippen molar-refractivity contribution in [2.75, 3.05) is 41.0 Å². The molecule has 0 aliphatic rings. The molecule has 2 atom stereocenters. The van der Waals surface area contributed by atoms with Gasteiger partial charge in [-0.1, -0.05) is 231 Å². The fourth-order valence-corrected chi connectivity index (χ4v) is 8.52. The van der Waals surface area contributed by atoms with Crippen molar-refractivity contribution in [3.05, 3.63) is 24.3 Å². The SMILES string of the molecule is CCCCCCCCCC/C=C/C/C=C/CCCCCCCCCC(=O)OC(COCCC(C(=O)[O-])[N+](C)(C)C)COC(=O)CCCCCCCCCCCCCCCCCCCCC. The minimum atomic E-state index is -1.12. The summed E-state index contributed by atoms with van der Waals surface area (Å²) in [5, 5.41) is 11.7. The maximum absolute atomic E-state index is 12.8. The number of carboxylic acids is 1. The van der Waals surface area contributed by atoms with E-state index < -0.39 is 18.1 Å². The summed E-state index contributed by atoms with van der Waals surface area (Å²) >= 11 is 0. The molecule has 0 bridgehead atoms. The van der Waals surface area contributed by atoms with Gasteiger partial charge in [-0.3, -0.25) is 9.59 Å². The third-order valence-electron chi connectivity index (χ3n) is 12.8. The zero-order chi connectivity index (χ0) is 47.7. The lowest BCUT2D eigenvalue weighted by atomic mass is 10.0. The van der Waals surface area contributed by atoms with Crippen molar-refractivity contribution in [2.45, 2.75) is 283 Å². The Bertz CT molecular complexity index is 1120. The van der Waals surface area contributed by atoms with E-state index in [1.165, 1.54) is 186 Å². The number of carbonyl (C=O) groups is 3. The third kappa shape index (κ3) is 46.7. The van der Waals surface area contributed by atoms with E-state index in [-0.39, 0.29) is 42.7 Å². The minimum absolute atomic E-state index is 0.0421. The smallest absolute Gasteiger partial charge is 0.306 e. The number of rotatable bonds is 51. The Balaban J connectivity index is 4.19. The van der Waals surface area contributed by atoms with Crippen LogP contribution in [0.3, 0.4) is 0 Å². The molecule has 65 heavy (non-hydrogen) atoms. The molecule has 0 N–H and O–H groups in total. The zero-order valence-electron chi connectivity index (χ0n) is 43.7. The first-order chi connectivity index (χ1) is 31.6. The Morgan fingerprint density at radius 2 is 0.815 bits per heavy atom. The number of ether oxygens (including phenoxy) is 3. The van der Waals surface area contributed by atoms with E-state index in [1.807, 2.05) is 21.1 Å². The van der Waals surface area contributed by atoms with Gasteiger partial charge in [-0.15, -0.1) is 0 Å². The number of hydrogen-bond acceptors (Lipinski definition) is 7. The van der Waals surface area contributed by atoms with Crippen LogP contribution < -0.4 is 5.11 Å². The number of allylic oxidation sites excluding steroid dienone is 4. The van der Waals surface area contributed by atoms with Crippen molar-refractivity contribution < 1.29 is 38.2 Å². The lowest BCUT2D eigenvalue weighted by molar-refractivity contribution is -0.889. The van der Waals surface area contributed by atoms with Crippen molar-refractivity contribution in [3.8, 4) is 0 Å². The van der Waals surface area contributed by atoms with Crippen LogP contribution in [0.15, 0.2) is 24.3 Å². The monoisotopic (exact) mass is 918 g/mol. The molecule has 8 nitrogen and oxygen atoms in total.